The molecule has 0 atom stereocenters. The number of carbonyl (C=O) groups is 1. The van der Waals surface area contributed by atoms with Crippen LogP contribution in [0.5, 0.6) is 11.5 Å². The fraction of sp³-hybridized carbons (Fsp3) is 0.250. The highest BCUT2D eigenvalue weighted by Gasteiger charge is 2.09. The van der Waals surface area contributed by atoms with Gasteiger partial charge in [0.15, 0.2) is 6.61 Å². The molecule has 0 aliphatic rings. The average Bonchev–Trinajstić information content (AvgIpc) is 2.67. The second-order valence-electron chi connectivity index (χ2n) is 5.82. The van der Waals surface area contributed by atoms with Crippen LogP contribution < -0.4 is 15.0 Å². The molecule has 7 heteroatoms. The minimum atomic E-state index is -0.546. The predicted octanol–water partition coefficient (Wildman–Crippen LogP) is 2.52. The second-order valence-corrected chi connectivity index (χ2v) is 5.82. The van der Waals surface area contributed by atoms with Crippen LogP contribution in [0, 0.1) is 6.92 Å². The Morgan fingerprint density at radius 1 is 1.11 bits per heavy atom. The van der Waals surface area contributed by atoms with Gasteiger partial charge in [0.25, 0.3) is 5.56 Å². The van der Waals surface area contributed by atoms with Gasteiger partial charge in [0, 0.05) is 12.3 Å². The number of benzene rings is 1. The number of rotatable bonds is 7. The van der Waals surface area contributed by atoms with Crippen molar-refractivity contribution in [1.82, 2.24) is 9.38 Å². The summed E-state index contributed by atoms with van der Waals surface area (Å²) < 4.78 is 17.3. The van der Waals surface area contributed by atoms with E-state index >= 15 is 0 Å². The molecule has 0 saturated carbocycles. The minimum absolute atomic E-state index is 0.0917. The van der Waals surface area contributed by atoms with Gasteiger partial charge in [0.05, 0.1) is 12.3 Å². The van der Waals surface area contributed by atoms with Crippen molar-refractivity contribution in [1.29, 1.82) is 0 Å². The first-order valence-electron chi connectivity index (χ1n) is 8.56. The third-order valence-electron chi connectivity index (χ3n) is 3.81. The Hall–Kier alpha value is -3.35. The number of aromatic nitrogens is 2. The summed E-state index contributed by atoms with van der Waals surface area (Å²) in [6.07, 6.45) is 1.65. The van der Waals surface area contributed by atoms with Gasteiger partial charge in [0.2, 0.25) is 0 Å². The molecule has 0 spiro atoms. The SMILES string of the molecule is CCOc1ccc(OCC(=O)OCc2cc(=O)n3cccc(C)c3n2)cc1. The molecule has 0 unspecified atom stereocenters. The lowest BCUT2D eigenvalue weighted by atomic mass is 10.3. The number of fused-ring (bicyclic) bond motifs is 1. The number of carbonyl (C=O) groups excluding carboxylic acids is 1. The first-order chi connectivity index (χ1) is 13.1. The van der Waals surface area contributed by atoms with Gasteiger partial charge in [-0.25, -0.2) is 9.78 Å². The van der Waals surface area contributed by atoms with Crippen LogP contribution in [0.3, 0.4) is 0 Å². The van der Waals surface area contributed by atoms with E-state index in [9.17, 15) is 9.59 Å². The molecule has 0 aliphatic heterocycles. The number of aryl methyl sites for hydroxylation is 1. The summed E-state index contributed by atoms with van der Waals surface area (Å²) in [7, 11) is 0. The quantitative estimate of drug-likeness (QED) is 0.596. The summed E-state index contributed by atoms with van der Waals surface area (Å²) in [5.41, 5.74) is 1.58. The summed E-state index contributed by atoms with van der Waals surface area (Å²) >= 11 is 0. The van der Waals surface area contributed by atoms with Crippen LogP contribution in [0.25, 0.3) is 5.65 Å². The number of hydrogen-bond acceptors (Lipinski definition) is 6. The molecule has 0 saturated heterocycles. The molecule has 7 nitrogen and oxygen atoms in total. The highest BCUT2D eigenvalue weighted by atomic mass is 16.6. The zero-order chi connectivity index (χ0) is 19.2. The molecule has 0 fully saturated rings. The van der Waals surface area contributed by atoms with Gasteiger partial charge < -0.3 is 14.2 Å². The molecular weight excluding hydrogens is 348 g/mol. The molecule has 2 heterocycles. The molecule has 1 aromatic carbocycles. The van der Waals surface area contributed by atoms with Gasteiger partial charge in [-0.15, -0.1) is 0 Å². The molecule has 3 aromatic rings. The number of hydrogen-bond donors (Lipinski definition) is 0. The lowest BCUT2D eigenvalue weighted by Crippen LogP contribution is -2.19. The van der Waals surface area contributed by atoms with E-state index in [4.69, 9.17) is 14.2 Å². The highest BCUT2D eigenvalue weighted by Crippen LogP contribution is 2.17. The van der Waals surface area contributed by atoms with Gasteiger partial charge in [-0.3, -0.25) is 9.20 Å². The van der Waals surface area contributed by atoms with E-state index in [0.717, 1.165) is 11.3 Å². The summed E-state index contributed by atoms with van der Waals surface area (Å²) in [6.45, 7) is 4.02. The summed E-state index contributed by atoms with van der Waals surface area (Å²) in [4.78, 5) is 28.4. The smallest absolute Gasteiger partial charge is 0.344 e. The molecule has 3 rings (SSSR count). The fourth-order valence-electron chi connectivity index (χ4n) is 2.52. The Morgan fingerprint density at radius 2 is 1.81 bits per heavy atom. The molecule has 140 valence electrons. The third kappa shape index (κ3) is 4.63. The second kappa shape index (κ2) is 8.35. The van der Waals surface area contributed by atoms with E-state index in [1.54, 1.807) is 36.5 Å². The summed E-state index contributed by atoms with van der Waals surface area (Å²) in [6, 6.07) is 12.0. The van der Waals surface area contributed by atoms with Crippen LogP contribution in [0.4, 0.5) is 0 Å². The largest absolute Gasteiger partial charge is 0.494 e. The lowest BCUT2D eigenvalue weighted by molar-refractivity contribution is -0.147. The maximum Gasteiger partial charge on any atom is 0.344 e. The molecule has 0 N–H and O–H groups in total. The van der Waals surface area contributed by atoms with Crippen molar-refractivity contribution >= 4 is 11.6 Å². The van der Waals surface area contributed by atoms with Crippen LogP contribution in [-0.4, -0.2) is 28.6 Å². The van der Waals surface area contributed by atoms with Crippen molar-refractivity contribution in [3.63, 3.8) is 0 Å². The van der Waals surface area contributed by atoms with E-state index in [2.05, 4.69) is 4.98 Å². The Bertz CT molecular complexity index is 995. The van der Waals surface area contributed by atoms with Gasteiger partial charge in [0.1, 0.15) is 23.8 Å². The van der Waals surface area contributed by atoms with Crippen LogP contribution in [0.2, 0.25) is 0 Å². The first-order valence-corrected chi connectivity index (χ1v) is 8.56. The summed E-state index contributed by atoms with van der Waals surface area (Å²) in [5.74, 6) is 0.722. The average molecular weight is 368 g/mol. The third-order valence-corrected chi connectivity index (χ3v) is 3.81. The van der Waals surface area contributed by atoms with Gasteiger partial charge in [-0.2, -0.15) is 0 Å². The fourth-order valence-corrected chi connectivity index (χ4v) is 2.52. The minimum Gasteiger partial charge on any atom is -0.494 e. The maximum atomic E-state index is 12.1. The standard InChI is InChI=1S/C20H20N2O5/c1-3-25-16-6-8-17(9-7-16)26-13-19(24)27-12-15-11-18(23)22-10-4-5-14(2)20(22)21-15/h4-11H,3,12-13H2,1-2H3. The first kappa shape index (κ1) is 18.4. The van der Waals surface area contributed by atoms with Crippen LogP contribution in [0.15, 0.2) is 53.5 Å². The molecular formula is C20H20N2O5. The number of esters is 1. The van der Waals surface area contributed by atoms with Crippen LogP contribution >= 0.6 is 0 Å². The molecule has 0 radical (unpaired) electrons. The molecule has 0 amide bonds. The van der Waals surface area contributed by atoms with Crippen molar-refractivity contribution in [2.45, 2.75) is 20.5 Å². The van der Waals surface area contributed by atoms with E-state index < -0.39 is 5.97 Å². The predicted molar refractivity (Wildman–Crippen MR) is 99.1 cm³/mol. The Morgan fingerprint density at radius 3 is 2.52 bits per heavy atom. The Kier molecular flexibility index (Phi) is 5.71. The molecule has 27 heavy (non-hydrogen) atoms. The molecule has 0 bridgehead atoms. The van der Waals surface area contributed by atoms with E-state index in [-0.39, 0.29) is 18.8 Å². The molecule has 0 aliphatic carbocycles. The van der Waals surface area contributed by atoms with Gasteiger partial charge in [-0.05, 0) is 49.7 Å². The van der Waals surface area contributed by atoms with E-state index in [0.29, 0.717) is 23.7 Å². The van der Waals surface area contributed by atoms with Crippen molar-refractivity contribution in [2.75, 3.05) is 13.2 Å². The number of ether oxygens (including phenoxy) is 3. The van der Waals surface area contributed by atoms with Crippen molar-refractivity contribution in [2.24, 2.45) is 0 Å². The zero-order valence-corrected chi connectivity index (χ0v) is 15.2. The topological polar surface area (TPSA) is 79.1 Å². The highest BCUT2D eigenvalue weighted by molar-refractivity contribution is 5.71. The lowest BCUT2D eigenvalue weighted by Gasteiger charge is -2.09. The van der Waals surface area contributed by atoms with Gasteiger partial charge in [-0.1, -0.05) is 6.07 Å². The van der Waals surface area contributed by atoms with Crippen molar-refractivity contribution < 1.29 is 19.0 Å². The van der Waals surface area contributed by atoms with Crippen LogP contribution in [-0.2, 0) is 16.1 Å². The monoisotopic (exact) mass is 368 g/mol. The van der Waals surface area contributed by atoms with Crippen molar-refractivity contribution in [3.05, 3.63) is 70.3 Å². The molecule has 2 aromatic heterocycles. The van der Waals surface area contributed by atoms with E-state index in [1.807, 2.05) is 19.9 Å². The summed E-state index contributed by atoms with van der Waals surface area (Å²) in [5, 5.41) is 0. The van der Waals surface area contributed by atoms with Crippen molar-refractivity contribution in [3.8, 4) is 11.5 Å². The Balaban J connectivity index is 1.57. The zero-order valence-electron chi connectivity index (χ0n) is 15.2. The number of pyridine rings is 1. The Labute approximate surface area is 156 Å². The normalized spacial score (nSPS) is 10.6. The maximum absolute atomic E-state index is 12.1. The van der Waals surface area contributed by atoms with Crippen LogP contribution in [0.1, 0.15) is 18.2 Å². The number of nitrogens with zero attached hydrogens (tertiary/aromatic N) is 2. The van der Waals surface area contributed by atoms with Gasteiger partial charge >= 0.3 is 5.97 Å². The van der Waals surface area contributed by atoms with E-state index in [1.165, 1.54) is 10.5 Å².